The summed E-state index contributed by atoms with van der Waals surface area (Å²) >= 11 is 1.77. The maximum absolute atomic E-state index is 9.84. The number of thioether (sulfide) groups is 1. The van der Waals surface area contributed by atoms with Gasteiger partial charge in [-0.05, 0) is 52.1 Å². The Morgan fingerprint density at radius 2 is 2.10 bits per heavy atom. The Labute approximate surface area is 132 Å². The monoisotopic (exact) mass is 309 g/mol. The quantitative estimate of drug-likeness (QED) is 0.791. The van der Waals surface area contributed by atoms with Crippen molar-refractivity contribution >= 4 is 11.8 Å². The van der Waals surface area contributed by atoms with Crippen LogP contribution >= 0.6 is 11.8 Å². The summed E-state index contributed by atoms with van der Waals surface area (Å²) in [6, 6.07) is 2.01. The van der Waals surface area contributed by atoms with Gasteiger partial charge in [0, 0.05) is 22.2 Å². The molecular formula is C16H27N3OS. The molecule has 2 rings (SSSR count). The van der Waals surface area contributed by atoms with Crippen molar-refractivity contribution in [1.29, 1.82) is 0 Å². The molecule has 2 unspecified atom stereocenters. The van der Waals surface area contributed by atoms with E-state index in [2.05, 4.69) is 22.2 Å². The van der Waals surface area contributed by atoms with Gasteiger partial charge in [-0.15, -0.1) is 0 Å². The first kappa shape index (κ1) is 16.7. The molecule has 0 aliphatic heterocycles. The van der Waals surface area contributed by atoms with Crippen LogP contribution in [0.1, 0.15) is 50.4 Å². The third kappa shape index (κ3) is 4.66. The van der Waals surface area contributed by atoms with Gasteiger partial charge < -0.3 is 10.4 Å². The Balaban J connectivity index is 2.03. The van der Waals surface area contributed by atoms with Crippen LogP contribution in [0.5, 0.6) is 0 Å². The molecule has 0 saturated heterocycles. The first-order valence-electron chi connectivity index (χ1n) is 7.92. The average molecular weight is 309 g/mol. The Morgan fingerprint density at radius 1 is 1.38 bits per heavy atom. The molecule has 1 heterocycles. The number of aryl methyl sites for hydroxylation is 2. The van der Waals surface area contributed by atoms with Crippen LogP contribution in [0.3, 0.4) is 0 Å². The lowest BCUT2D eigenvalue weighted by atomic mass is 9.82. The summed E-state index contributed by atoms with van der Waals surface area (Å²) in [5.74, 6) is 0. The molecule has 0 radical (unpaired) electrons. The van der Waals surface area contributed by atoms with Crippen LogP contribution in [0.25, 0.3) is 0 Å². The van der Waals surface area contributed by atoms with Crippen LogP contribution in [0, 0.1) is 13.8 Å². The maximum Gasteiger partial charge on any atom is 0.188 e. The number of nitrogens with zero attached hydrogens (tertiary/aromatic N) is 2. The van der Waals surface area contributed by atoms with E-state index in [0.717, 1.165) is 48.8 Å². The minimum atomic E-state index is -0.106. The van der Waals surface area contributed by atoms with Gasteiger partial charge in [-0.1, -0.05) is 25.1 Å². The van der Waals surface area contributed by atoms with Gasteiger partial charge in [-0.25, -0.2) is 9.97 Å². The van der Waals surface area contributed by atoms with Crippen LogP contribution in [0.15, 0.2) is 11.2 Å². The second-order valence-electron chi connectivity index (χ2n) is 6.13. The molecule has 0 amide bonds. The largest absolute Gasteiger partial charge is 0.394 e. The second kappa shape index (κ2) is 7.56. The van der Waals surface area contributed by atoms with Crippen molar-refractivity contribution in [3.8, 4) is 0 Å². The van der Waals surface area contributed by atoms with Gasteiger partial charge in [-0.2, -0.15) is 0 Å². The molecule has 1 aromatic heterocycles. The zero-order chi connectivity index (χ0) is 15.3. The number of rotatable bonds is 6. The van der Waals surface area contributed by atoms with E-state index < -0.39 is 0 Å². The van der Waals surface area contributed by atoms with Crippen molar-refractivity contribution in [2.45, 2.75) is 68.8 Å². The number of nitrogens with one attached hydrogen (secondary N) is 1. The molecule has 1 fully saturated rings. The van der Waals surface area contributed by atoms with Crippen molar-refractivity contribution in [3.05, 3.63) is 17.5 Å². The van der Waals surface area contributed by atoms with E-state index in [0.29, 0.717) is 5.25 Å². The molecule has 21 heavy (non-hydrogen) atoms. The highest BCUT2D eigenvalue weighted by molar-refractivity contribution is 7.99. The first-order chi connectivity index (χ1) is 10.1. The smallest absolute Gasteiger partial charge is 0.188 e. The van der Waals surface area contributed by atoms with Crippen molar-refractivity contribution in [2.75, 3.05) is 13.2 Å². The molecule has 0 aromatic carbocycles. The Morgan fingerprint density at radius 3 is 2.71 bits per heavy atom. The summed E-state index contributed by atoms with van der Waals surface area (Å²) in [6.07, 6.45) is 5.48. The summed E-state index contributed by atoms with van der Waals surface area (Å²) < 4.78 is 0. The molecule has 2 N–H and O–H groups in total. The van der Waals surface area contributed by atoms with Crippen LogP contribution in [-0.4, -0.2) is 39.0 Å². The predicted octanol–water partition coefficient (Wildman–Crippen LogP) is 2.86. The summed E-state index contributed by atoms with van der Waals surface area (Å²) in [7, 11) is 0. The van der Waals surface area contributed by atoms with Gasteiger partial charge in [0.1, 0.15) is 0 Å². The Kier molecular flexibility index (Phi) is 6.02. The molecule has 5 heteroatoms. The van der Waals surface area contributed by atoms with E-state index in [1.54, 1.807) is 11.8 Å². The topological polar surface area (TPSA) is 58.0 Å². The molecule has 2 atom stereocenters. The van der Waals surface area contributed by atoms with Gasteiger partial charge in [0.25, 0.3) is 0 Å². The average Bonchev–Trinajstić information content (AvgIpc) is 2.44. The van der Waals surface area contributed by atoms with Gasteiger partial charge in [-0.3, -0.25) is 0 Å². The van der Waals surface area contributed by atoms with E-state index in [1.165, 1.54) is 6.42 Å². The van der Waals surface area contributed by atoms with Crippen LogP contribution in [0.4, 0.5) is 0 Å². The lowest BCUT2D eigenvalue weighted by molar-refractivity contribution is 0.124. The predicted molar refractivity (Wildman–Crippen MR) is 87.7 cm³/mol. The standard InChI is InChI=1S/C16H27N3OS/c1-4-8-17-16(11-20)7-5-6-14(10-16)21-15-18-12(2)9-13(3)19-15/h9,14,17,20H,4-8,10-11H2,1-3H3. The summed E-state index contributed by atoms with van der Waals surface area (Å²) in [5.41, 5.74) is 1.95. The number of aliphatic hydroxyl groups excluding tert-OH is 1. The second-order valence-corrected chi connectivity index (χ2v) is 7.40. The first-order valence-corrected chi connectivity index (χ1v) is 8.80. The van der Waals surface area contributed by atoms with Gasteiger partial charge in [0.2, 0.25) is 0 Å². The van der Waals surface area contributed by atoms with Gasteiger partial charge >= 0.3 is 0 Å². The Hall–Kier alpha value is -0.650. The molecule has 1 aliphatic rings. The van der Waals surface area contributed by atoms with E-state index >= 15 is 0 Å². The molecule has 1 aromatic rings. The third-order valence-corrected chi connectivity index (χ3v) is 5.22. The molecule has 0 bridgehead atoms. The van der Waals surface area contributed by atoms with Gasteiger partial charge in [0.05, 0.1) is 6.61 Å². The highest BCUT2D eigenvalue weighted by atomic mass is 32.2. The summed E-state index contributed by atoms with van der Waals surface area (Å²) in [4.78, 5) is 9.07. The Bertz CT molecular complexity index is 449. The SMILES string of the molecule is CCCNC1(CO)CCCC(Sc2nc(C)cc(C)n2)C1. The van der Waals surface area contributed by atoms with E-state index in [4.69, 9.17) is 0 Å². The summed E-state index contributed by atoms with van der Waals surface area (Å²) in [5, 5.41) is 14.8. The minimum absolute atomic E-state index is 0.106. The number of aliphatic hydroxyl groups is 1. The minimum Gasteiger partial charge on any atom is -0.394 e. The number of hydrogen-bond acceptors (Lipinski definition) is 5. The molecule has 0 spiro atoms. The molecule has 4 nitrogen and oxygen atoms in total. The molecule has 1 aliphatic carbocycles. The number of hydrogen-bond donors (Lipinski definition) is 2. The summed E-state index contributed by atoms with van der Waals surface area (Å²) in [6.45, 7) is 7.38. The van der Waals surface area contributed by atoms with E-state index in [9.17, 15) is 5.11 Å². The van der Waals surface area contributed by atoms with Crippen molar-refractivity contribution in [1.82, 2.24) is 15.3 Å². The number of aromatic nitrogens is 2. The highest BCUT2D eigenvalue weighted by Gasteiger charge is 2.36. The molecule has 118 valence electrons. The van der Waals surface area contributed by atoms with E-state index in [1.807, 2.05) is 19.9 Å². The lowest BCUT2D eigenvalue weighted by Gasteiger charge is -2.40. The molecule has 1 saturated carbocycles. The maximum atomic E-state index is 9.84. The zero-order valence-electron chi connectivity index (χ0n) is 13.4. The van der Waals surface area contributed by atoms with Crippen molar-refractivity contribution in [3.63, 3.8) is 0 Å². The van der Waals surface area contributed by atoms with Crippen LogP contribution in [-0.2, 0) is 0 Å². The lowest BCUT2D eigenvalue weighted by Crippen LogP contribution is -2.52. The van der Waals surface area contributed by atoms with E-state index in [-0.39, 0.29) is 12.1 Å². The van der Waals surface area contributed by atoms with Crippen molar-refractivity contribution in [2.24, 2.45) is 0 Å². The van der Waals surface area contributed by atoms with Gasteiger partial charge in [0.15, 0.2) is 5.16 Å². The fourth-order valence-corrected chi connectivity index (χ4v) is 4.43. The van der Waals surface area contributed by atoms with Crippen LogP contribution < -0.4 is 5.32 Å². The fourth-order valence-electron chi connectivity index (χ4n) is 3.05. The zero-order valence-corrected chi connectivity index (χ0v) is 14.2. The third-order valence-electron chi connectivity index (χ3n) is 4.09. The highest BCUT2D eigenvalue weighted by Crippen LogP contribution is 2.37. The van der Waals surface area contributed by atoms with Crippen molar-refractivity contribution < 1.29 is 5.11 Å². The van der Waals surface area contributed by atoms with Crippen LogP contribution in [0.2, 0.25) is 0 Å². The normalized spacial score (nSPS) is 26.0. The molecular weight excluding hydrogens is 282 g/mol. The fraction of sp³-hybridized carbons (Fsp3) is 0.750.